The molecule has 0 aromatic heterocycles. The lowest BCUT2D eigenvalue weighted by Gasteiger charge is -2.28. The monoisotopic (exact) mass is 202 g/mol. The zero-order valence-electron chi connectivity index (χ0n) is 8.57. The molecule has 2 aliphatic heterocycles. The molecule has 0 aliphatic carbocycles. The second kappa shape index (κ2) is 4.14. The molecule has 0 radical (unpaired) electrons. The zero-order chi connectivity index (χ0) is 10.0. The van der Waals surface area contributed by atoms with Crippen LogP contribution in [0.15, 0.2) is 0 Å². The lowest BCUT2D eigenvalue weighted by atomic mass is 9.94. The van der Waals surface area contributed by atoms with E-state index in [0.29, 0.717) is 18.8 Å². The topological polar surface area (TPSA) is 54.5 Å². The third kappa shape index (κ3) is 3.20. The molecule has 2 unspecified atom stereocenters. The molecule has 2 heterocycles. The number of aliphatic hydroxyl groups is 1. The second-order valence-electron chi connectivity index (χ2n) is 4.34. The minimum atomic E-state index is -0.189. The molecule has 82 valence electrons. The summed E-state index contributed by atoms with van der Waals surface area (Å²) in [5, 5.41) is 8.74. The van der Waals surface area contributed by atoms with Gasteiger partial charge >= 0.3 is 0 Å². The summed E-state index contributed by atoms with van der Waals surface area (Å²) in [5.74, 6) is 0. The summed E-state index contributed by atoms with van der Waals surface area (Å²) < 4.78 is 16.1. The number of ether oxygens (including phenoxy) is 3. The molecule has 0 aromatic carbocycles. The lowest BCUT2D eigenvalue weighted by Crippen LogP contribution is -2.33. The van der Waals surface area contributed by atoms with Gasteiger partial charge in [0.25, 0.3) is 0 Å². The molecule has 0 amide bonds. The van der Waals surface area contributed by atoms with E-state index in [4.69, 9.17) is 19.3 Å². The van der Waals surface area contributed by atoms with Gasteiger partial charge in [0.05, 0.1) is 44.2 Å². The van der Waals surface area contributed by atoms with Crippen molar-refractivity contribution in [2.45, 2.75) is 37.6 Å². The maximum Gasteiger partial charge on any atom is 0.0837 e. The van der Waals surface area contributed by atoms with Crippen LogP contribution < -0.4 is 0 Å². The third-order valence-electron chi connectivity index (χ3n) is 2.67. The molecule has 2 aliphatic rings. The largest absolute Gasteiger partial charge is 0.394 e. The molecule has 4 nitrogen and oxygen atoms in total. The fourth-order valence-electron chi connectivity index (χ4n) is 1.83. The molecule has 2 saturated heterocycles. The van der Waals surface area contributed by atoms with Gasteiger partial charge < -0.3 is 19.3 Å². The van der Waals surface area contributed by atoms with Crippen molar-refractivity contribution in [1.29, 1.82) is 0 Å². The molecule has 14 heavy (non-hydrogen) atoms. The average Bonchev–Trinajstić information content (AvgIpc) is 2.98. The molecular weight excluding hydrogens is 184 g/mol. The minimum Gasteiger partial charge on any atom is -0.394 e. The first-order valence-corrected chi connectivity index (χ1v) is 5.20. The van der Waals surface area contributed by atoms with Crippen molar-refractivity contribution in [3.8, 4) is 0 Å². The van der Waals surface area contributed by atoms with E-state index in [0.717, 1.165) is 26.1 Å². The van der Waals surface area contributed by atoms with Crippen LogP contribution in [0.2, 0.25) is 0 Å². The summed E-state index contributed by atoms with van der Waals surface area (Å²) in [6.45, 7) is 4.25. The lowest BCUT2D eigenvalue weighted by molar-refractivity contribution is -0.0632. The van der Waals surface area contributed by atoms with E-state index in [1.54, 1.807) is 0 Å². The number of hydrogen-bond donors (Lipinski definition) is 1. The Bertz CT molecular complexity index is 173. The molecule has 1 N–H and O–H groups in total. The van der Waals surface area contributed by atoms with E-state index in [-0.39, 0.29) is 12.2 Å². The Hall–Kier alpha value is -0.160. The summed E-state index contributed by atoms with van der Waals surface area (Å²) in [5.41, 5.74) is -0.189. The van der Waals surface area contributed by atoms with Crippen LogP contribution >= 0.6 is 0 Å². The Balaban J connectivity index is 1.79. The highest BCUT2D eigenvalue weighted by molar-refractivity contribution is 4.89. The summed E-state index contributed by atoms with van der Waals surface area (Å²) in [6.07, 6.45) is 2.54. The van der Waals surface area contributed by atoms with Crippen LogP contribution in [0, 0.1) is 0 Å². The first-order valence-electron chi connectivity index (χ1n) is 5.20. The molecule has 0 bridgehead atoms. The number of hydrogen-bond acceptors (Lipinski definition) is 4. The van der Waals surface area contributed by atoms with Crippen molar-refractivity contribution in [1.82, 2.24) is 0 Å². The Morgan fingerprint density at radius 2 is 1.79 bits per heavy atom. The Labute approximate surface area is 84.1 Å². The van der Waals surface area contributed by atoms with E-state index in [1.807, 2.05) is 0 Å². The van der Waals surface area contributed by atoms with Crippen molar-refractivity contribution >= 4 is 0 Å². The van der Waals surface area contributed by atoms with E-state index in [9.17, 15) is 0 Å². The van der Waals surface area contributed by atoms with Crippen LogP contribution in [0.5, 0.6) is 0 Å². The van der Waals surface area contributed by atoms with Crippen molar-refractivity contribution in [2.24, 2.45) is 0 Å². The summed E-state index contributed by atoms with van der Waals surface area (Å²) >= 11 is 0. The van der Waals surface area contributed by atoms with Crippen LogP contribution in [0.4, 0.5) is 0 Å². The van der Waals surface area contributed by atoms with E-state index < -0.39 is 0 Å². The first-order chi connectivity index (χ1) is 6.72. The zero-order valence-corrected chi connectivity index (χ0v) is 8.57. The first kappa shape index (κ1) is 10.4. The molecule has 4 heteroatoms. The van der Waals surface area contributed by atoms with Crippen molar-refractivity contribution in [3.63, 3.8) is 0 Å². The Morgan fingerprint density at radius 1 is 1.29 bits per heavy atom. The number of rotatable bonds is 7. The predicted octanol–water partition coefficient (Wildman–Crippen LogP) is 0.332. The molecule has 0 spiro atoms. The van der Waals surface area contributed by atoms with Crippen molar-refractivity contribution < 1.29 is 19.3 Å². The maximum atomic E-state index is 8.74. The highest BCUT2D eigenvalue weighted by Crippen LogP contribution is 2.33. The van der Waals surface area contributed by atoms with E-state index in [2.05, 4.69) is 6.92 Å². The van der Waals surface area contributed by atoms with Gasteiger partial charge in [0.2, 0.25) is 0 Å². The molecule has 2 rings (SSSR count). The van der Waals surface area contributed by atoms with Gasteiger partial charge in [-0.1, -0.05) is 0 Å². The van der Waals surface area contributed by atoms with Gasteiger partial charge in [-0.15, -0.1) is 0 Å². The molecule has 2 fully saturated rings. The summed E-state index contributed by atoms with van der Waals surface area (Å²) in [4.78, 5) is 0. The maximum absolute atomic E-state index is 8.74. The predicted molar refractivity (Wildman–Crippen MR) is 50.2 cm³/mol. The average molecular weight is 202 g/mol. The van der Waals surface area contributed by atoms with Crippen LogP contribution in [-0.4, -0.2) is 49.3 Å². The fourth-order valence-corrected chi connectivity index (χ4v) is 1.83. The fraction of sp³-hybridized carbons (Fsp3) is 1.00. The van der Waals surface area contributed by atoms with E-state index >= 15 is 0 Å². The molecule has 0 aromatic rings. The minimum absolute atomic E-state index is 0.0760. The highest BCUT2D eigenvalue weighted by Gasteiger charge is 2.40. The van der Waals surface area contributed by atoms with Gasteiger partial charge in [0.1, 0.15) is 0 Å². The van der Waals surface area contributed by atoms with Crippen LogP contribution in [0.3, 0.4) is 0 Å². The van der Waals surface area contributed by atoms with Crippen LogP contribution in [-0.2, 0) is 14.2 Å². The standard InChI is InChI=1S/C10H18O4/c1-10(14-3-2-11,4-8-6-12-8)5-9-7-13-9/h8-9,11H,2-7H2,1H3. The third-order valence-corrected chi connectivity index (χ3v) is 2.67. The van der Waals surface area contributed by atoms with Gasteiger partial charge in [-0.3, -0.25) is 0 Å². The van der Waals surface area contributed by atoms with Crippen molar-refractivity contribution in [3.05, 3.63) is 0 Å². The van der Waals surface area contributed by atoms with Crippen LogP contribution in [0.1, 0.15) is 19.8 Å². The molecular formula is C10H18O4. The van der Waals surface area contributed by atoms with Crippen LogP contribution in [0.25, 0.3) is 0 Å². The van der Waals surface area contributed by atoms with Gasteiger partial charge in [-0.25, -0.2) is 0 Å². The molecule has 2 atom stereocenters. The summed E-state index contributed by atoms with van der Waals surface area (Å²) in [6, 6.07) is 0. The second-order valence-corrected chi connectivity index (χ2v) is 4.34. The van der Waals surface area contributed by atoms with Gasteiger partial charge in [0.15, 0.2) is 0 Å². The quantitative estimate of drug-likeness (QED) is 0.604. The number of epoxide rings is 2. The van der Waals surface area contributed by atoms with Gasteiger partial charge in [-0.2, -0.15) is 0 Å². The normalized spacial score (nSPS) is 33.9. The SMILES string of the molecule is CC(CC1CO1)(CC1CO1)OCCO. The van der Waals surface area contributed by atoms with Crippen molar-refractivity contribution in [2.75, 3.05) is 26.4 Å². The van der Waals surface area contributed by atoms with Gasteiger partial charge in [0, 0.05) is 12.8 Å². The molecule has 0 saturated carbocycles. The smallest absolute Gasteiger partial charge is 0.0837 e. The summed E-state index contributed by atoms with van der Waals surface area (Å²) in [7, 11) is 0. The number of aliphatic hydroxyl groups excluding tert-OH is 1. The van der Waals surface area contributed by atoms with Gasteiger partial charge in [-0.05, 0) is 6.92 Å². The Kier molecular flexibility index (Phi) is 3.07. The Morgan fingerprint density at radius 3 is 2.14 bits per heavy atom. The highest BCUT2D eigenvalue weighted by atomic mass is 16.6. The van der Waals surface area contributed by atoms with E-state index in [1.165, 1.54) is 0 Å².